The largest absolute Gasteiger partial charge is 0.456 e. The number of aromatic nitrogens is 2. The van der Waals surface area contributed by atoms with Gasteiger partial charge in [-0.1, -0.05) is 117 Å². The summed E-state index contributed by atoms with van der Waals surface area (Å²) >= 11 is 0. The lowest BCUT2D eigenvalue weighted by molar-refractivity contribution is 0.419. The fraction of sp³-hybridized carbons (Fsp3) is 0.0857. The van der Waals surface area contributed by atoms with Crippen LogP contribution >= 0.6 is 0 Å². The molecule has 1 aliphatic heterocycles. The Labute approximate surface area is 222 Å². The van der Waals surface area contributed by atoms with Crippen molar-refractivity contribution in [3.05, 3.63) is 132 Å². The zero-order chi connectivity index (χ0) is 25.7. The van der Waals surface area contributed by atoms with Gasteiger partial charge < -0.3 is 4.74 Å². The van der Waals surface area contributed by atoms with Crippen LogP contribution in [0.4, 0.5) is 0 Å². The Morgan fingerprint density at radius 2 is 1.21 bits per heavy atom. The number of benzene rings is 5. The highest BCUT2D eigenvalue weighted by atomic mass is 16.5. The lowest BCUT2D eigenvalue weighted by atomic mass is 9.75. The van der Waals surface area contributed by atoms with Gasteiger partial charge in [-0.15, -0.1) is 0 Å². The van der Waals surface area contributed by atoms with Gasteiger partial charge in [-0.05, 0) is 29.3 Å². The minimum Gasteiger partial charge on any atom is -0.456 e. The summed E-state index contributed by atoms with van der Waals surface area (Å²) in [7, 11) is 0. The minimum atomic E-state index is -0.201. The van der Waals surface area contributed by atoms with E-state index in [9.17, 15) is 0 Å². The molecular formula is C35H26N2O. The molecule has 38 heavy (non-hydrogen) atoms. The van der Waals surface area contributed by atoms with Crippen LogP contribution in [0.15, 0.2) is 121 Å². The molecule has 0 saturated heterocycles. The highest BCUT2D eigenvalue weighted by Gasteiger charge is 2.35. The van der Waals surface area contributed by atoms with E-state index in [2.05, 4.69) is 105 Å². The van der Waals surface area contributed by atoms with Crippen molar-refractivity contribution in [3.63, 3.8) is 0 Å². The number of rotatable bonds is 3. The molecule has 7 rings (SSSR count). The summed E-state index contributed by atoms with van der Waals surface area (Å²) in [4.78, 5) is 10.2. The lowest BCUT2D eigenvalue weighted by Crippen LogP contribution is -2.24. The van der Waals surface area contributed by atoms with Gasteiger partial charge >= 0.3 is 0 Å². The van der Waals surface area contributed by atoms with Gasteiger partial charge in [0.2, 0.25) is 0 Å². The Morgan fingerprint density at radius 1 is 0.553 bits per heavy atom. The molecule has 3 nitrogen and oxygen atoms in total. The fourth-order valence-electron chi connectivity index (χ4n) is 5.51. The molecule has 6 aromatic rings. The molecule has 5 aromatic carbocycles. The van der Waals surface area contributed by atoms with Crippen LogP contribution in [0.5, 0.6) is 11.5 Å². The zero-order valence-electron chi connectivity index (χ0n) is 21.3. The van der Waals surface area contributed by atoms with Crippen LogP contribution in [0.1, 0.15) is 25.0 Å². The Balaban J connectivity index is 1.40. The fourth-order valence-corrected chi connectivity index (χ4v) is 5.51. The van der Waals surface area contributed by atoms with E-state index in [0.717, 1.165) is 44.8 Å². The molecule has 0 atom stereocenters. The van der Waals surface area contributed by atoms with Gasteiger partial charge in [-0.2, -0.15) is 0 Å². The standard InChI is InChI=1S/C35H26N2O/c1-35(2)28-15-7-9-18-31(28)38-33-27(14-10-16-29(33)35)34-36-30-17-8-6-13-26(30)32(37-34)25-21-19-24(20-22-25)23-11-4-3-5-12-23/h3-22H,1-2H3. The van der Waals surface area contributed by atoms with Crippen LogP contribution in [0.3, 0.4) is 0 Å². The average molecular weight is 491 g/mol. The Kier molecular flexibility index (Phi) is 5.12. The highest BCUT2D eigenvalue weighted by molar-refractivity contribution is 5.94. The zero-order valence-corrected chi connectivity index (χ0v) is 21.3. The normalized spacial score (nSPS) is 13.4. The van der Waals surface area contributed by atoms with E-state index < -0.39 is 0 Å². The van der Waals surface area contributed by atoms with Crippen molar-refractivity contribution in [2.75, 3.05) is 0 Å². The number of hydrogen-bond donors (Lipinski definition) is 0. The lowest BCUT2D eigenvalue weighted by Gasteiger charge is -2.35. The topological polar surface area (TPSA) is 35.0 Å². The van der Waals surface area contributed by atoms with Crippen molar-refractivity contribution in [2.45, 2.75) is 19.3 Å². The van der Waals surface area contributed by atoms with E-state index in [1.165, 1.54) is 16.7 Å². The van der Waals surface area contributed by atoms with Crippen molar-refractivity contribution in [3.8, 4) is 45.3 Å². The first-order valence-corrected chi connectivity index (χ1v) is 12.9. The summed E-state index contributed by atoms with van der Waals surface area (Å²) in [6.45, 7) is 4.50. The first kappa shape index (κ1) is 22.4. The molecule has 0 N–H and O–H groups in total. The Morgan fingerprint density at radius 3 is 2.05 bits per heavy atom. The van der Waals surface area contributed by atoms with Crippen molar-refractivity contribution in [1.82, 2.24) is 9.97 Å². The van der Waals surface area contributed by atoms with Gasteiger partial charge in [-0.3, -0.25) is 0 Å². The second-order valence-corrected chi connectivity index (χ2v) is 10.3. The molecule has 0 aliphatic carbocycles. The summed E-state index contributed by atoms with van der Waals surface area (Å²) in [5.74, 6) is 2.38. The van der Waals surface area contributed by atoms with Gasteiger partial charge in [0.25, 0.3) is 0 Å². The average Bonchev–Trinajstić information content (AvgIpc) is 2.97. The van der Waals surface area contributed by atoms with Crippen LogP contribution in [0.2, 0.25) is 0 Å². The first-order chi connectivity index (χ1) is 18.6. The van der Waals surface area contributed by atoms with Crippen molar-refractivity contribution in [2.24, 2.45) is 0 Å². The molecule has 3 heteroatoms. The summed E-state index contributed by atoms with van der Waals surface area (Å²) in [5, 5.41) is 1.03. The number of ether oxygens (including phenoxy) is 1. The van der Waals surface area contributed by atoms with Crippen molar-refractivity contribution in [1.29, 1.82) is 0 Å². The Hall–Kier alpha value is -4.76. The molecule has 0 saturated carbocycles. The molecule has 0 unspecified atom stereocenters. The number of para-hydroxylation sites is 3. The third-order valence-corrected chi connectivity index (χ3v) is 7.57. The van der Waals surface area contributed by atoms with E-state index in [1.807, 2.05) is 30.3 Å². The molecule has 0 amide bonds. The molecule has 182 valence electrons. The quantitative estimate of drug-likeness (QED) is 0.248. The van der Waals surface area contributed by atoms with Gasteiger partial charge in [-0.25, -0.2) is 9.97 Å². The van der Waals surface area contributed by atoms with Crippen LogP contribution in [-0.4, -0.2) is 9.97 Å². The monoisotopic (exact) mass is 490 g/mol. The van der Waals surface area contributed by atoms with Crippen molar-refractivity contribution < 1.29 is 4.74 Å². The predicted molar refractivity (Wildman–Crippen MR) is 154 cm³/mol. The summed E-state index contributed by atoms with van der Waals surface area (Å²) < 4.78 is 6.54. The Bertz CT molecular complexity index is 1800. The number of fused-ring (bicyclic) bond motifs is 3. The van der Waals surface area contributed by atoms with Gasteiger partial charge in [0, 0.05) is 27.5 Å². The van der Waals surface area contributed by atoms with E-state index in [-0.39, 0.29) is 5.41 Å². The van der Waals surface area contributed by atoms with E-state index >= 15 is 0 Å². The second-order valence-electron chi connectivity index (χ2n) is 10.3. The second kappa shape index (κ2) is 8.67. The summed E-state index contributed by atoms with van der Waals surface area (Å²) in [6.07, 6.45) is 0. The molecular weight excluding hydrogens is 464 g/mol. The van der Waals surface area contributed by atoms with Crippen LogP contribution < -0.4 is 4.74 Å². The number of nitrogens with zero attached hydrogens (tertiary/aromatic N) is 2. The van der Waals surface area contributed by atoms with E-state index in [4.69, 9.17) is 14.7 Å². The van der Waals surface area contributed by atoms with Gasteiger partial charge in [0.1, 0.15) is 11.5 Å². The van der Waals surface area contributed by atoms with E-state index in [0.29, 0.717) is 5.82 Å². The summed E-state index contributed by atoms with van der Waals surface area (Å²) in [6, 6.07) is 41.8. The SMILES string of the molecule is CC1(C)c2ccccc2Oc2c(-c3nc(-c4ccc(-c5ccccc5)cc4)c4ccccc4n3)cccc21. The molecule has 1 aliphatic rings. The predicted octanol–water partition coefficient (Wildman–Crippen LogP) is 9.06. The first-order valence-electron chi connectivity index (χ1n) is 12.9. The molecule has 0 spiro atoms. The van der Waals surface area contributed by atoms with Gasteiger partial charge in [0.15, 0.2) is 5.82 Å². The van der Waals surface area contributed by atoms with Crippen molar-refractivity contribution >= 4 is 10.9 Å². The molecule has 1 aromatic heterocycles. The van der Waals surface area contributed by atoms with Gasteiger partial charge in [0.05, 0.1) is 16.8 Å². The number of hydrogen-bond acceptors (Lipinski definition) is 3. The highest BCUT2D eigenvalue weighted by Crippen LogP contribution is 2.50. The third-order valence-electron chi connectivity index (χ3n) is 7.57. The van der Waals surface area contributed by atoms with E-state index in [1.54, 1.807) is 0 Å². The maximum absolute atomic E-state index is 6.54. The van der Waals surface area contributed by atoms with Crippen LogP contribution in [-0.2, 0) is 5.41 Å². The molecule has 2 heterocycles. The molecule has 0 fully saturated rings. The maximum atomic E-state index is 6.54. The molecule has 0 bridgehead atoms. The summed E-state index contributed by atoms with van der Waals surface area (Å²) in [5.41, 5.74) is 8.28. The molecule has 0 radical (unpaired) electrons. The third kappa shape index (κ3) is 3.59. The smallest absolute Gasteiger partial charge is 0.164 e. The van der Waals surface area contributed by atoms with Crippen LogP contribution in [0.25, 0.3) is 44.7 Å². The maximum Gasteiger partial charge on any atom is 0.164 e. The minimum absolute atomic E-state index is 0.201. The van der Waals surface area contributed by atoms with Crippen LogP contribution in [0, 0.1) is 0 Å².